The van der Waals surface area contributed by atoms with Gasteiger partial charge in [-0.05, 0) is 56.9 Å². The molecule has 2 heterocycles. The molecule has 0 saturated carbocycles. The van der Waals surface area contributed by atoms with Gasteiger partial charge in [-0.2, -0.15) is 0 Å². The fraction of sp³-hybridized carbons (Fsp3) is 0.630. The zero-order valence-electron chi connectivity index (χ0n) is 19.0. The largest absolute Gasteiger partial charge is 0.445 e. The number of ether oxygens (including phenoxy) is 1. The lowest BCUT2D eigenvalue weighted by Gasteiger charge is -2.47. The first-order chi connectivity index (χ1) is 15.2. The average molecular weight is 426 g/mol. The number of nitrogens with zero attached hydrogens (tertiary/aromatic N) is 1. The van der Waals surface area contributed by atoms with E-state index >= 15 is 0 Å². The molecule has 4 nitrogen and oxygen atoms in total. The van der Waals surface area contributed by atoms with E-state index in [4.69, 9.17) is 4.74 Å². The van der Waals surface area contributed by atoms with Crippen LogP contribution in [-0.2, 0) is 16.1 Å². The fourth-order valence-electron chi connectivity index (χ4n) is 5.24. The van der Waals surface area contributed by atoms with Crippen molar-refractivity contribution < 1.29 is 14.3 Å². The van der Waals surface area contributed by atoms with Gasteiger partial charge in [0.05, 0.1) is 0 Å². The van der Waals surface area contributed by atoms with Crippen molar-refractivity contribution in [1.29, 1.82) is 0 Å². The van der Waals surface area contributed by atoms with E-state index < -0.39 is 0 Å². The smallest absolute Gasteiger partial charge is 0.410 e. The highest BCUT2D eigenvalue weighted by atomic mass is 16.6. The molecule has 1 aromatic rings. The quantitative estimate of drug-likeness (QED) is 0.272. The van der Waals surface area contributed by atoms with E-state index in [0.717, 1.165) is 56.9 Å². The first kappa shape index (κ1) is 23.6. The topological polar surface area (TPSA) is 46.6 Å². The van der Waals surface area contributed by atoms with Crippen LogP contribution in [0.3, 0.4) is 0 Å². The van der Waals surface area contributed by atoms with Crippen molar-refractivity contribution in [2.45, 2.75) is 102 Å². The van der Waals surface area contributed by atoms with Gasteiger partial charge in [-0.15, -0.1) is 6.58 Å². The van der Waals surface area contributed by atoms with Crippen molar-refractivity contribution in [1.82, 2.24) is 4.90 Å². The number of unbranched alkanes of at least 4 members (excludes halogenated alkanes) is 6. The Morgan fingerprint density at radius 1 is 0.968 bits per heavy atom. The molecular formula is C27H39NO3. The summed E-state index contributed by atoms with van der Waals surface area (Å²) in [7, 11) is 0. The van der Waals surface area contributed by atoms with Gasteiger partial charge in [0.15, 0.2) is 0 Å². The molecule has 3 rings (SSSR count). The highest BCUT2D eigenvalue weighted by Gasteiger charge is 2.43. The zero-order chi connectivity index (χ0) is 21.9. The van der Waals surface area contributed by atoms with Crippen LogP contribution in [0.4, 0.5) is 4.79 Å². The van der Waals surface area contributed by atoms with Crippen LogP contribution in [0.25, 0.3) is 0 Å². The molecule has 2 bridgehead atoms. The van der Waals surface area contributed by atoms with E-state index in [-0.39, 0.29) is 24.1 Å². The minimum absolute atomic E-state index is 0.126. The molecule has 170 valence electrons. The lowest BCUT2D eigenvalue weighted by molar-refractivity contribution is -0.126. The Kier molecular flexibility index (Phi) is 9.64. The normalized spacial score (nSPS) is 22.7. The Labute approximate surface area is 188 Å². The van der Waals surface area contributed by atoms with E-state index in [1.807, 2.05) is 41.3 Å². The molecule has 31 heavy (non-hydrogen) atoms. The van der Waals surface area contributed by atoms with Gasteiger partial charge in [-0.3, -0.25) is 4.79 Å². The predicted molar refractivity (Wildman–Crippen MR) is 125 cm³/mol. The average Bonchev–Trinajstić information content (AvgIpc) is 2.79. The third kappa shape index (κ3) is 7.22. The van der Waals surface area contributed by atoms with Gasteiger partial charge in [0.25, 0.3) is 0 Å². The summed E-state index contributed by atoms with van der Waals surface area (Å²) in [5, 5.41) is 0. The summed E-state index contributed by atoms with van der Waals surface area (Å²) >= 11 is 0. The van der Waals surface area contributed by atoms with Crippen LogP contribution >= 0.6 is 0 Å². The number of hydrogen-bond acceptors (Lipinski definition) is 3. The third-order valence-electron chi connectivity index (χ3n) is 6.93. The summed E-state index contributed by atoms with van der Waals surface area (Å²) in [5.41, 5.74) is 1.01. The molecule has 0 aromatic heterocycles. The van der Waals surface area contributed by atoms with Crippen LogP contribution in [0.1, 0.15) is 89.0 Å². The van der Waals surface area contributed by atoms with Crippen molar-refractivity contribution in [3.05, 3.63) is 48.6 Å². The van der Waals surface area contributed by atoms with Gasteiger partial charge >= 0.3 is 6.09 Å². The highest BCUT2D eigenvalue weighted by molar-refractivity contribution is 5.81. The van der Waals surface area contributed by atoms with Crippen LogP contribution in [0, 0.1) is 5.92 Å². The van der Waals surface area contributed by atoms with E-state index in [1.165, 1.54) is 25.7 Å². The van der Waals surface area contributed by atoms with E-state index in [1.54, 1.807) is 0 Å². The number of amides is 1. The van der Waals surface area contributed by atoms with Gasteiger partial charge in [-0.25, -0.2) is 4.79 Å². The van der Waals surface area contributed by atoms with Crippen molar-refractivity contribution in [3.8, 4) is 0 Å². The number of hydrogen-bond donors (Lipinski definition) is 0. The molecule has 0 radical (unpaired) electrons. The molecule has 2 fully saturated rings. The molecule has 0 N–H and O–H groups in total. The molecule has 2 saturated heterocycles. The van der Waals surface area contributed by atoms with E-state index in [9.17, 15) is 9.59 Å². The van der Waals surface area contributed by atoms with Gasteiger partial charge < -0.3 is 9.64 Å². The Balaban J connectivity index is 1.40. The minimum atomic E-state index is -0.207. The Bertz CT molecular complexity index is 688. The fourth-order valence-corrected chi connectivity index (χ4v) is 5.24. The first-order valence-corrected chi connectivity index (χ1v) is 12.3. The van der Waals surface area contributed by atoms with Gasteiger partial charge in [0.2, 0.25) is 0 Å². The van der Waals surface area contributed by atoms with Crippen molar-refractivity contribution in [3.63, 3.8) is 0 Å². The second-order valence-corrected chi connectivity index (χ2v) is 9.27. The predicted octanol–water partition coefficient (Wildman–Crippen LogP) is 6.83. The summed E-state index contributed by atoms with van der Waals surface area (Å²) < 4.78 is 5.62. The van der Waals surface area contributed by atoms with Crippen LogP contribution < -0.4 is 0 Å². The standard InChI is InChI=1S/C27H39NO3/c1-2-3-4-5-6-7-8-12-18-26(29)23-19-24-16-13-17-25(20-23)28(24)27(30)31-21-22-14-10-9-11-15-22/h2,9-11,14-15,23-25H,1,3-8,12-13,16-21H2. The number of allylic oxidation sites excluding steroid dienone is 1. The lowest BCUT2D eigenvalue weighted by Crippen LogP contribution is -2.55. The zero-order valence-corrected chi connectivity index (χ0v) is 19.0. The van der Waals surface area contributed by atoms with Gasteiger partial charge in [-0.1, -0.05) is 62.1 Å². The molecule has 2 aliphatic heterocycles. The van der Waals surface area contributed by atoms with Gasteiger partial charge in [0.1, 0.15) is 12.4 Å². The van der Waals surface area contributed by atoms with Crippen LogP contribution in [0.5, 0.6) is 0 Å². The maximum absolute atomic E-state index is 12.8. The van der Waals surface area contributed by atoms with E-state index in [0.29, 0.717) is 18.8 Å². The molecule has 0 spiro atoms. The lowest BCUT2D eigenvalue weighted by atomic mass is 9.76. The maximum atomic E-state index is 12.8. The first-order valence-electron chi connectivity index (χ1n) is 12.3. The summed E-state index contributed by atoms with van der Waals surface area (Å²) in [6.45, 7) is 4.07. The molecule has 2 aliphatic rings. The number of Topliss-reactive ketones (excluding diaryl/α,β-unsaturated/α-hetero) is 1. The number of piperidine rings is 2. The number of ketones is 1. The van der Waals surface area contributed by atoms with Crippen molar-refractivity contribution >= 4 is 11.9 Å². The molecule has 2 atom stereocenters. The molecule has 1 aromatic carbocycles. The molecule has 2 unspecified atom stereocenters. The number of rotatable bonds is 12. The van der Waals surface area contributed by atoms with Crippen molar-refractivity contribution in [2.75, 3.05) is 0 Å². The number of benzene rings is 1. The second kappa shape index (κ2) is 12.7. The summed E-state index contributed by atoms with van der Waals surface area (Å²) in [5.74, 6) is 0.543. The number of carbonyl (C=O) groups excluding carboxylic acids is 2. The second-order valence-electron chi connectivity index (χ2n) is 9.27. The van der Waals surface area contributed by atoms with Crippen LogP contribution in [0.2, 0.25) is 0 Å². The minimum Gasteiger partial charge on any atom is -0.445 e. The number of fused-ring (bicyclic) bond motifs is 2. The van der Waals surface area contributed by atoms with Crippen molar-refractivity contribution in [2.24, 2.45) is 5.92 Å². The Hall–Kier alpha value is -2.10. The molecule has 0 aliphatic carbocycles. The summed E-state index contributed by atoms with van der Waals surface area (Å²) in [6.07, 6.45) is 15.5. The molecule has 1 amide bonds. The van der Waals surface area contributed by atoms with E-state index in [2.05, 4.69) is 6.58 Å². The number of carbonyl (C=O) groups is 2. The SMILES string of the molecule is C=CCCCCCCCCC(=O)C1CC2CCCC(C1)N2C(=O)OCc1ccccc1. The molecule has 4 heteroatoms. The molecular weight excluding hydrogens is 386 g/mol. The van der Waals surface area contributed by atoms with Gasteiger partial charge in [0, 0.05) is 24.4 Å². The Morgan fingerprint density at radius 2 is 1.61 bits per heavy atom. The summed E-state index contributed by atoms with van der Waals surface area (Å²) in [4.78, 5) is 27.6. The Morgan fingerprint density at radius 3 is 2.29 bits per heavy atom. The third-order valence-corrected chi connectivity index (χ3v) is 6.93. The maximum Gasteiger partial charge on any atom is 0.410 e. The summed E-state index contributed by atoms with van der Waals surface area (Å²) in [6, 6.07) is 10.1. The van der Waals surface area contributed by atoms with Crippen LogP contribution in [0.15, 0.2) is 43.0 Å². The monoisotopic (exact) mass is 425 g/mol. The highest BCUT2D eigenvalue weighted by Crippen LogP contribution is 2.38. The van der Waals surface area contributed by atoms with Crippen LogP contribution in [-0.4, -0.2) is 28.9 Å².